The lowest BCUT2D eigenvalue weighted by Gasteiger charge is -2.04. The summed E-state index contributed by atoms with van der Waals surface area (Å²) in [5.41, 5.74) is 6.39. The van der Waals surface area contributed by atoms with Crippen LogP contribution in [0.1, 0.15) is 0 Å². The Morgan fingerprint density at radius 3 is 1.79 bits per heavy atom. The Kier molecular flexibility index (Phi) is 3.72. The zero-order valence-corrected chi connectivity index (χ0v) is 13.0. The molecule has 0 aliphatic rings. The molecule has 0 spiro atoms. The molecule has 0 unspecified atom stereocenters. The van der Waals surface area contributed by atoms with Crippen molar-refractivity contribution >= 4 is 0 Å². The summed E-state index contributed by atoms with van der Waals surface area (Å²) in [6, 6.07) is 29.2. The van der Waals surface area contributed by atoms with E-state index in [1.807, 2.05) is 48.5 Å². The zero-order valence-electron chi connectivity index (χ0n) is 13.0. The van der Waals surface area contributed by atoms with Crippen molar-refractivity contribution in [1.82, 2.24) is 4.98 Å². The lowest BCUT2D eigenvalue weighted by Crippen LogP contribution is -1.83. The molecule has 1 nitrogen and oxygen atoms in total. The number of aromatic amines is 1. The largest absolute Gasteiger partial charge is 0.354 e. The second-order valence-corrected chi connectivity index (χ2v) is 5.71. The Balaban J connectivity index is 1.90. The Morgan fingerprint density at radius 1 is 0.583 bits per heavy atom. The Bertz CT molecular complexity index is 938. The highest BCUT2D eigenvalue weighted by Crippen LogP contribution is 2.35. The lowest BCUT2D eigenvalue weighted by atomic mass is 10.0. The predicted octanol–water partition coefficient (Wildman–Crippen LogP) is 6.15. The molecule has 4 rings (SSSR count). The van der Waals surface area contributed by atoms with Crippen LogP contribution in [-0.4, -0.2) is 4.98 Å². The number of hydrogen-bond acceptors (Lipinski definition) is 0. The molecule has 0 saturated heterocycles. The van der Waals surface area contributed by atoms with Crippen molar-refractivity contribution in [2.45, 2.75) is 0 Å². The van der Waals surface area contributed by atoms with Crippen LogP contribution in [0.25, 0.3) is 33.6 Å². The van der Waals surface area contributed by atoms with Crippen molar-refractivity contribution in [2.24, 2.45) is 0 Å². The SMILES string of the molecule is Fc1ccc(-c2[nH]c(-c3ccccc3)cc2-c2ccccc2)cc1. The van der Waals surface area contributed by atoms with Gasteiger partial charge in [0.15, 0.2) is 0 Å². The van der Waals surface area contributed by atoms with Crippen LogP contribution in [0.4, 0.5) is 4.39 Å². The third-order valence-corrected chi connectivity index (χ3v) is 4.12. The molecule has 0 fully saturated rings. The highest BCUT2D eigenvalue weighted by atomic mass is 19.1. The van der Waals surface area contributed by atoms with E-state index in [9.17, 15) is 4.39 Å². The number of hydrogen-bond donors (Lipinski definition) is 1. The highest BCUT2D eigenvalue weighted by molar-refractivity contribution is 5.85. The van der Waals surface area contributed by atoms with Gasteiger partial charge in [-0.05, 0) is 47.0 Å². The molecule has 24 heavy (non-hydrogen) atoms. The molecule has 0 atom stereocenters. The highest BCUT2D eigenvalue weighted by Gasteiger charge is 2.13. The van der Waals surface area contributed by atoms with Gasteiger partial charge in [-0.25, -0.2) is 4.39 Å². The minimum Gasteiger partial charge on any atom is -0.354 e. The summed E-state index contributed by atoms with van der Waals surface area (Å²) in [7, 11) is 0. The third kappa shape index (κ3) is 2.74. The van der Waals surface area contributed by atoms with E-state index in [2.05, 4.69) is 35.3 Å². The molecular weight excluding hydrogens is 297 g/mol. The van der Waals surface area contributed by atoms with E-state index in [1.54, 1.807) is 0 Å². The summed E-state index contributed by atoms with van der Waals surface area (Å²) >= 11 is 0. The van der Waals surface area contributed by atoms with Crippen LogP contribution in [0, 0.1) is 5.82 Å². The monoisotopic (exact) mass is 313 g/mol. The van der Waals surface area contributed by atoms with E-state index < -0.39 is 0 Å². The first kappa shape index (κ1) is 14.5. The number of aromatic nitrogens is 1. The maximum Gasteiger partial charge on any atom is 0.123 e. The van der Waals surface area contributed by atoms with Crippen LogP contribution < -0.4 is 0 Å². The summed E-state index contributed by atoms with van der Waals surface area (Å²) in [5.74, 6) is -0.227. The van der Waals surface area contributed by atoms with Gasteiger partial charge >= 0.3 is 0 Å². The van der Waals surface area contributed by atoms with E-state index >= 15 is 0 Å². The van der Waals surface area contributed by atoms with Crippen molar-refractivity contribution in [3.63, 3.8) is 0 Å². The van der Waals surface area contributed by atoms with Crippen LogP contribution in [-0.2, 0) is 0 Å². The van der Waals surface area contributed by atoms with Crippen LogP contribution in [0.2, 0.25) is 0 Å². The fourth-order valence-corrected chi connectivity index (χ4v) is 2.92. The molecule has 2 heteroatoms. The van der Waals surface area contributed by atoms with Gasteiger partial charge in [-0.1, -0.05) is 60.7 Å². The van der Waals surface area contributed by atoms with Crippen molar-refractivity contribution in [3.05, 3.63) is 96.8 Å². The number of rotatable bonds is 3. The third-order valence-electron chi connectivity index (χ3n) is 4.12. The quantitative estimate of drug-likeness (QED) is 0.466. The van der Waals surface area contributed by atoms with E-state index in [1.165, 1.54) is 12.1 Å². The first-order valence-electron chi connectivity index (χ1n) is 7.91. The van der Waals surface area contributed by atoms with Crippen molar-refractivity contribution in [1.29, 1.82) is 0 Å². The van der Waals surface area contributed by atoms with Gasteiger partial charge in [0.2, 0.25) is 0 Å². The summed E-state index contributed by atoms with van der Waals surface area (Å²) in [4.78, 5) is 3.51. The zero-order chi connectivity index (χ0) is 16.4. The molecule has 0 aliphatic carbocycles. The molecule has 0 bridgehead atoms. The minimum absolute atomic E-state index is 0.227. The van der Waals surface area contributed by atoms with Gasteiger partial charge < -0.3 is 4.98 Å². The standard InChI is InChI=1S/C22H16FN/c23-19-13-11-18(12-14-19)22-20(16-7-3-1-4-8-16)15-21(24-22)17-9-5-2-6-10-17/h1-15,24H. The molecule has 1 N–H and O–H groups in total. The summed E-state index contributed by atoms with van der Waals surface area (Å²) < 4.78 is 13.3. The number of halogens is 1. The van der Waals surface area contributed by atoms with Gasteiger partial charge in [-0.3, -0.25) is 0 Å². The van der Waals surface area contributed by atoms with E-state index in [0.29, 0.717) is 0 Å². The molecule has 0 saturated carbocycles. The average molecular weight is 313 g/mol. The lowest BCUT2D eigenvalue weighted by molar-refractivity contribution is 0.628. The molecular formula is C22H16FN. The first-order valence-corrected chi connectivity index (χ1v) is 7.91. The molecule has 1 heterocycles. The van der Waals surface area contributed by atoms with Gasteiger partial charge in [0.1, 0.15) is 5.82 Å². The maximum absolute atomic E-state index is 13.3. The van der Waals surface area contributed by atoms with E-state index in [-0.39, 0.29) is 5.82 Å². The Labute approximate surface area is 140 Å². The van der Waals surface area contributed by atoms with Crippen molar-refractivity contribution < 1.29 is 4.39 Å². The second-order valence-electron chi connectivity index (χ2n) is 5.71. The molecule has 116 valence electrons. The first-order chi connectivity index (χ1) is 11.8. The number of H-pyrrole nitrogens is 1. The van der Waals surface area contributed by atoms with Crippen molar-refractivity contribution in [2.75, 3.05) is 0 Å². The van der Waals surface area contributed by atoms with Gasteiger partial charge in [0.25, 0.3) is 0 Å². The van der Waals surface area contributed by atoms with Gasteiger partial charge in [0.05, 0.1) is 5.69 Å². The fraction of sp³-hybridized carbons (Fsp3) is 0. The fourth-order valence-electron chi connectivity index (χ4n) is 2.92. The minimum atomic E-state index is -0.227. The molecule has 0 radical (unpaired) electrons. The van der Waals surface area contributed by atoms with Crippen LogP contribution in [0.3, 0.4) is 0 Å². The van der Waals surface area contributed by atoms with Gasteiger partial charge in [0, 0.05) is 11.3 Å². The second kappa shape index (κ2) is 6.17. The topological polar surface area (TPSA) is 15.8 Å². The van der Waals surface area contributed by atoms with E-state index in [4.69, 9.17) is 0 Å². The molecule has 4 aromatic rings. The smallest absolute Gasteiger partial charge is 0.123 e. The van der Waals surface area contributed by atoms with Crippen LogP contribution >= 0.6 is 0 Å². The normalized spacial score (nSPS) is 10.7. The molecule has 3 aromatic carbocycles. The number of benzene rings is 3. The summed E-state index contributed by atoms with van der Waals surface area (Å²) in [5, 5.41) is 0. The van der Waals surface area contributed by atoms with Crippen molar-refractivity contribution in [3.8, 4) is 33.6 Å². The van der Waals surface area contributed by atoms with Crippen LogP contribution in [0.15, 0.2) is 91.0 Å². The summed E-state index contributed by atoms with van der Waals surface area (Å²) in [6.07, 6.45) is 0. The molecule has 1 aromatic heterocycles. The number of nitrogens with one attached hydrogen (secondary N) is 1. The van der Waals surface area contributed by atoms with Gasteiger partial charge in [-0.15, -0.1) is 0 Å². The van der Waals surface area contributed by atoms with Gasteiger partial charge in [-0.2, -0.15) is 0 Å². The van der Waals surface area contributed by atoms with E-state index in [0.717, 1.165) is 33.6 Å². The molecule has 0 amide bonds. The average Bonchev–Trinajstić information content (AvgIpc) is 3.09. The molecule has 0 aliphatic heterocycles. The maximum atomic E-state index is 13.3. The Morgan fingerprint density at radius 2 is 1.17 bits per heavy atom. The predicted molar refractivity (Wildman–Crippen MR) is 97.1 cm³/mol. The Hall–Kier alpha value is -3.13. The van der Waals surface area contributed by atoms with Crippen LogP contribution in [0.5, 0.6) is 0 Å². The summed E-state index contributed by atoms with van der Waals surface area (Å²) in [6.45, 7) is 0.